The molecule has 0 radical (unpaired) electrons. The first kappa shape index (κ1) is 23.2. The summed E-state index contributed by atoms with van der Waals surface area (Å²) in [5.41, 5.74) is 4.53. The van der Waals surface area contributed by atoms with Gasteiger partial charge < -0.3 is 20.5 Å². The molecule has 0 aliphatic heterocycles. The number of hydrogen-bond donors (Lipinski definition) is 3. The summed E-state index contributed by atoms with van der Waals surface area (Å²) in [6.07, 6.45) is 0.731. The molecular formula is C27H32N2O3. The fraction of sp³-hybridized carbons (Fsp3) is 0.296. The smallest absolute Gasteiger partial charge is 0.341 e. The minimum atomic E-state index is -0.493. The van der Waals surface area contributed by atoms with Crippen molar-refractivity contribution in [1.82, 2.24) is 0 Å². The topological polar surface area (TPSA) is 70.6 Å². The Hall–Kier alpha value is -3.47. The van der Waals surface area contributed by atoms with Gasteiger partial charge in [0.1, 0.15) is 11.3 Å². The van der Waals surface area contributed by atoms with E-state index in [1.807, 2.05) is 88.4 Å². The number of esters is 1. The van der Waals surface area contributed by atoms with E-state index >= 15 is 0 Å². The van der Waals surface area contributed by atoms with Crippen molar-refractivity contribution < 1.29 is 14.6 Å². The zero-order valence-corrected chi connectivity index (χ0v) is 19.2. The SMILES string of the molecule is CCCOC(=O)c1cc(CNc2ccc(Nc3ccccc3)cc2)cc(C(C)(C)C)c1O. The van der Waals surface area contributed by atoms with Crippen LogP contribution in [-0.4, -0.2) is 17.7 Å². The number of phenols is 1. The van der Waals surface area contributed by atoms with Crippen LogP contribution in [0.3, 0.4) is 0 Å². The fourth-order valence-corrected chi connectivity index (χ4v) is 3.36. The summed E-state index contributed by atoms with van der Waals surface area (Å²) in [5.74, 6) is -0.494. The number of phenolic OH excluding ortho intramolecular Hbond substituents is 1. The molecule has 5 nitrogen and oxygen atoms in total. The molecule has 0 unspecified atom stereocenters. The summed E-state index contributed by atoms with van der Waals surface area (Å²) in [5, 5.41) is 17.5. The average molecular weight is 433 g/mol. The molecule has 3 aromatic carbocycles. The van der Waals surface area contributed by atoms with Crippen molar-refractivity contribution in [1.29, 1.82) is 0 Å². The van der Waals surface area contributed by atoms with Crippen molar-refractivity contribution in [3.63, 3.8) is 0 Å². The van der Waals surface area contributed by atoms with Gasteiger partial charge in [-0.3, -0.25) is 0 Å². The normalized spacial score (nSPS) is 11.1. The van der Waals surface area contributed by atoms with Crippen LogP contribution >= 0.6 is 0 Å². The van der Waals surface area contributed by atoms with E-state index in [9.17, 15) is 9.90 Å². The number of carbonyl (C=O) groups is 1. The molecule has 3 N–H and O–H groups in total. The molecule has 0 aromatic heterocycles. The van der Waals surface area contributed by atoms with E-state index in [1.165, 1.54) is 0 Å². The molecule has 0 heterocycles. The van der Waals surface area contributed by atoms with E-state index in [0.29, 0.717) is 13.2 Å². The highest BCUT2D eigenvalue weighted by Crippen LogP contribution is 2.35. The van der Waals surface area contributed by atoms with Gasteiger partial charge in [-0.25, -0.2) is 4.79 Å². The van der Waals surface area contributed by atoms with Crippen molar-refractivity contribution in [2.45, 2.75) is 46.1 Å². The molecule has 0 saturated heterocycles. The van der Waals surface area contributed by atoms with Crippen LogP contribution < -0.4 is 10.6 Å². The zero-order valence-electron chi connectivity index (χ0n) is 19.2. The maximum atomic E-state index is 12.5. The maximum absolute atomic E-state index is 12.5. The predicted molar refractivity (Wildman–Crippen MR) is 131 cm³/mol. The summed E-state index contributed by atoms with van der Waals surface area (Å²) in [6.45, 7) is 8.82. The van der Waals surface area contributed by atoms with Crippen LogP contribution in [-0.2, 0) is 16.7 Å². The lowest BCUT2D eigenvalue weighted by molar-refractivity contribution is 0.0501. The van der Waals surface area contributed by atoms with Crippen LogP contribution in [0.5, 0.6) is 5.75 Å². The standard InChI is InChI=1S/C27H32N2O3/c1-5-15-32-26(31)23-16-19(17-24(25(23)30)27(2,3)4)18-28-20-11-13-22(14-12-20)29-21-9-7-6-8-10-21/h6-14,16-17,28-30H,5,15,18H2,1-4H3. The highest BCUT2D eigenvalue weighted by Gasteiger charge is 2.24. The Balaban J connectivity index is 1.75. The molecule has 5 heteroatoms. The summed E-state index contributed by atoms with van der Waals surface area (Å²) in [7, 11) is 0. The Morgan fingerprint density at radius 3 is 2.19 bits per heavy atom. The molecule has 0 fully saturated rings. The molecule has 0 spiro atoms. The lowest BCUT2D eigenvalue weighted by Crippen LogP contribution is -2.16. The first-order valence-electron chi connectivity index (χ1n) is 11.0. The number of nitrogens with one attached hydrogen (secondary N) is 2. The summed E-state index contributed by atoms with van der Waals surface area (Å²) in [6, 6.07) is 21.7. The Morgan fingerprint density at radius 2 is 1.56 bits per heavy atom. The van der Waals surface area contributed by atoms with Gasteiger partial charge in [-0.1, -0.05) is 45.9 Å². The molecule has 0 atom stereocenters. The van der Waals surface area contributed by atoms with Gasteiger partial charge in [-0.2, -0.15) is 0 Å². The van der Waals surface area contributed by atoms with E-state index in [1.54, 1.807) is 6.07 Å². The monoisotopic (exact) mass is 432 g/mol. The van der Waals surface area contributed by atoms with Crippen LogP contribution in [0.4, 0.5) is 17.1 Å². The molecule has 32 heavy (non-hydrogen) atoms. The number of para-hydroxylation sites is 1. The second-order valence-corrected chi connectivity index (χ2v) is 8.85. The third-order valence-corrected chi connectivity index (χ3v) is 5.08. The van der Waals surface area contributed by atoms with Crippen LogP contribution in [0.1, 0.15) is 55.6 Å². The zero-order chi connectivity index (χ0) is 23.1. The number of rotatable bonds is 8. The largest absolute Gasteiger partial charge is 0.507 e. The Kier molecular flexibility index (Phi) is 7.41. The molecule has 0 amide bonds. The van der Waals surface area contributed by atoms with Gasteiger partial charge >= 0.3 is 5.97 Å². The molecule has 3 rings (SSSR count). The lowest BCUT2D eigenvalue weighted by atomic mass is 9.84. The number of anilines is 3. The lowest BCUT2D eigenvalue weighted by Gasteiger charge is -2.23. The van der Waals surface area contributed by atoms with Gasteiger partial charge in [0.2, 0.25) is 0 Å². The van der Waals surface area contributed by atoms with E-state index in [4.69, 9.17) is 4.74 Å². The van der Waals surface area contributed by atoms with E-state index in [0.717, 1.165) is 34.6 Å². The van der Waals surface area contributed by atoms with Crippen LogP contribution in [0.15, 0.2) is 66.7 Å². The number of aromatic hydroxyl groups is 1. The second-order valence-electron chi connectivity index (χ2n) is 8.85. The van der Waals surface area contributed by atoms with Crippen molar-refractivity contribution in [2.24, 2.45) is 0 Å². The van der Waals surface area contributed by atoms with Gasteiger partial charge in [0.25, 0.3) is 0 Å². The fourth-order valence-electron chi connectivity index (χ4n) is 3.36. The van der Waals surface area contributed by atoms with Crippen LogP contribution in [0.2, 0.25) is 0 Å². The molecule has 3 aromatic rings. The van der Waals surface area contributed by atoms with Gasteiger partial charge in [0.05, 0.1) is 6.61 Å². The molecule has 168 valence electrons. The first-order chi connectivity index (χ1) is 15.3. The van der Waals surface area contributed by atoms with Crippen LogP contribution in [0, 0.1) is 0 Å². The molecule has 0 saturated carbocycles. The maximum Gasteiger partial charge on any atom is 0.341 e. The number of benzene rings is 3. The van der Waals surface area contributed by atoms with Gasteiger partial charge in [0.15, 0.2) is 0 Å². The highest BCUT2D eigenvalue weighted by molar-refractivity contribution is 5.93. The third kappa shape index (κ3) is 6.03. The molecule has 0 aliphatic rings. The minimum absolute atomic E-state index is 0.00121. The van der Waals surface area contributed by atoms with Crippen molar-refractivity contribution in [3.8, 4) is 5.75 Å². The molecule has 0 bridgehead atoms. The number of ether oxygens (including phenoxy) is 1. The number of hydrogen-bond acceptors (Lipinski definition) is 5. The van der Waals surface area contributed by atoms with Gasteiger partial charge in [0, 0.05) is 29.2 Å². The van der Waals surface area contributed by atoms with Crippen molar-refractivity contribution >= 4 is 23.0 Å². The first-order valence-corrected chi connectivity index (χ1v) is 11.0. The minimum Gasteiger partial charge on any atom is -0.507 e. The predicted octanol–water partition coefficient (Wildman–Crippen LogP) is 6.61. The molecular weight excluding hydrogens is 400 g/mol. The molecule has 0 aliphatic carbocycles. The third-order valence-electron chi connectivity index (χ3n) is 5.08. The summed E-state index contributed by atoms with van der Waals surface area (Å²) < 4.78 is 5.28. The van der Waals surface area contributed by atoms with Gasteiger partial charge in [-0.05, 0) is 65.9 Å². The van der Waals surface area contributed by atoms with Gasteiger partial charge in [-0.15, -0.1) is 0 Å². The number of carbonyl (C=O) groups excluding carboxylic acids is 1. The Morgan fingerprint density at radius 1 is 0.938 bits per heavy atom. The van der Waals surface area contributed by atoms with Crippen molar-refractivity contribution in [3.05, 3.63) is 83.4 Å². The summed E-state index contributed by atoms with van der Waals surface area (Å²) in [4.78, 5) is 12.5. The summed E-state index contributed by atoms with van der Waals surface area (Å²) >= 11 is 0. The second kappa shape index (κ2) is 10.2. The quantitative estimate of drug-likeness (QED) is 0.349. The van der Waals surface area contributed by atoms with E-state index in [-0.39, 0.29) is 16.7 Å². The van der Waals surface area contributed by atoms with E-state index in [2.05, 4.69) is 10.6 Å². The van der Waals surface area contributed by atoms with Crippen molar-refractivity contribution in [2.75, 3.05) is 17.2 Å². The average Bonchev–Trinajstić information content (AvgIpc) is 2.77. The van der Waals surface area contributed by atoms with Crippen LogP contribution in [0.25, 0.3) is 0 Å². The Bertz CT molecular complexity index is 1040. The Labute approximate surface area is 190 Å². The highest BCUT2D eigenvalue weighted by atomic mass is 16.5. The van der Waals surface area contributed by atoms with E-state index < -0.39 is 5.97 Å².